The van der Waals surface area contributed by atoms with Crippen LogP contribution in [0.1, 0.15) is 39.0 Å². The molecule has 1 heterocycles. The Morgan fingerprint density at radius 1 is 1.57 bits per heavy atom. The van der Waals surface area contributed by atoms with E-state index in [0.29, 0.717) is 0 Å². The minimum absolute atomic E-state index is 0.0332. The first-order chi connectivity index (χ1) is 6.83. The lowest BCUT2D eigenvalue weighted by Crippen LogP contribution is -2.17. The van der Waals surface area contributed by atoms with E-state index in [-0.39, 0.29) is 12.1 Å². The maximum Gasteiger partial charge on any atom is 0.331 e. The highest BCUT2D eigenvalue weighted by molar-refractivity contribution is 5.82. The van der Waals surface area contributed by atoms with Gasteiger partial charge in [-0.05, 0) is 18.9 Å². The third kappa shape index (κ3) is 4.26. The summed E-state index contributed by atoms with van der Waals surface area (Å²) >= 11 is 0. The molecule has 0 saturated carbocycles. The molecule has 0 fully saturated rings. The van der Waals surface area contributed by atoms with Crippen molar-refractivity contribution in [2.75, 3.05) is 0 Å². The zero-order chi connectivity index (χ0) is 10.2. The highest BCUT2D eigenvalue weighted by atomic mass is 16.5. The Labute approximate surface area is 85.6 Å². The van der Waals surface area contributed by atoms with Gasteiger partial charge in [-0.15, -0.1) is 0 Å². The molecule has 1 unspecified atom stereocenters. The molecule has 1 aliphatic rings. The minimum Gasteiger partial charge on any atom is -0.455 e. The first kappa shape index (κ1) is 11.0. The number of esters is 1. The van der Waals surface area contributed by atoms with Gasteiger partial charge in [0.1, 0.15) is 6.10 Å². The second-order valence-corrected chi connectivity index (χ2v) is 3.54. The monoisotopic (exact) mass is 194 g/mol. The van der Waals surface area contributed by atoms with Gasteiger partial charge in [-0.3, -0.25) is 0 Å². The maximum absolute atomic E-state index is 10.9. The van der Waals surface area contributed by atoms with Crippen LogP contribution in [0.4, 0.5) is 0 Å². The molecule has 14 heavy (non-hydrogen) atoms. The van der Waals surface area contributed by atoms with Crippen LogP contribution in [0.15, 0.2) is 24.3 Å². The van der Waals surface area contributed by atoms with Crippen molar-refractivity contribution < 1.29 is 9.53 Å². The molecule has 0 amide bonds. The fraction of sp³-hybridized carbons (Fsp3) is 0.583. The number of allylic oxidation sites excluding steroid dienone is 1. The van der Waals surface area contributed by atoms with Crippen molar-refractivity contribution in [3.05, 3.63) is 24.3 Å². The first-order valence-corrected chi connectivity index (χ1v) is 5.36. The summed E-state index contributed by atoms with van der Waals surface area (Å²) in [6.45, 7) is 2.19. The van der Waals surface area contributed by atoms with Gasteiger partial charge >= 0.3 is 5.97 Å². The van der Waals surface area contributed by atoms with Crippen molar-refractivity contribution in [3.8, 4) is 0 Å². The van der Waals surface area contributed by atoms with Gasteiger partial charge in [0, 0.05) is 12.5 Å². The molecule has 0 aromatic carbocycles. The Morgan fingerprint density at radius 2 is 2.43 bits per heavy atom. The van der Waals surface area contributed by atoms with Crippen LogP contribution in [-0.2, 0) is 9.53 Å². The Morgan fingerprint density at radius 3 is 3.14 bits per heavy atom. The predicted octanol–water partition coefficient (Wildman–Crippen LogP) is 2.99. The predicted molar refractivity (Wildman–Crippen MR) is 56.9 cm³/mol. The number of cyclic esters (lactones) is 1. The van der Waals surface area contributed by atoms with Crippen molar-refractivity contribution in [1.29, 1.82) is 0 Å². The third-order valence-electron chi connectivity index (χ3n) is 2.21. The molecule has 2 nitrogen and oxygen atoms in total. The molecular formula is C12H18O2. The quantitative estimate of drug-likeness (QED) is 0.382. The summed E-state index contributed by atoms with van der Waals surface area (Å²) in [5.41, 5.74) is 0. The Hall–Kier alpha value is -1.05. The van der Waals surface area contributed by atoms with Gasteiger partial charge in [-0.2, -0.15) is 0 Å². The van der Waals surface area contributed by atoms with Crippen LogP contribution < -0.4 is 0 Å². The van der Waals surface area contributed by atoms with E-state index in [2.05, 4.69) is 13.0 Å². The van der Waals surface area contributed by atoms with Crippen molar-refractivity contribution >= 4 is 5.97 Å². The number of unbranched alkanes of at least 4 members (excludes halogenated alkanes) is 3. The first-order valence-electron chi connectivity index (χ1n) is 5.36. The smallest absolute Gasteiger partial charge is 0.331 e. The van der Waals surface area contributed by atoms with Crippen LogP contribution in [-0.4, -0.2) is 12.1 Å². The minimum atomic E-state index is -0.223. The van der Waals surface area contributed by atoms with Crippen molar-refractivity contribution in [2.45, 2.75) is 45.1 Å². The standard InChI is InChI=1S/C12H18O2/c1-2-3-4-5-6-8-11-9-7-10-12(13)14-11/h6-8,10-11H,2-5,9H2,1H3/b8-6+. The third-order valence-corrected chi connectivity index (χ3v) is 2.21. The van der Waals surface area contributed by atoms with Crippen LogP contribution in [0.3, 0.4) is 0 Å². The molecular weight excluding hydrogens is 176 g/mol. The summed E-state index contributed by atoms with van der Waals surface area (Å²) in [4.78, 5) is 10.9. The van der Waals surface area contributed by atoms with Crippen molar-refractivity contribution in [3.63, 3.8) is 0 Å². The number of hydrogen-bond donors (Lipinski definition) is 0. The second kappa shape index (κ2) is 6.41. The number of rotatable bonds is 5. The normalized spacial score (nSPS) is 21.5. The van der Waals surface area contributed by atoms with E-state index in [4.69, 9.17) is 4.74 Å². The maximum atomic E-state index is 10.9. The zero-order valence-electron chi connectivity index (χ0n) is 8.74. The highest BCUT2D eigenvalue weighted by Gasteiger charge is 2.11. The second-order valence-electron chi connectivity index (χ2n) is 3.54. The van der Waals surface area contributed by atoms with E-state index in [9.17, 15) is 4.79 Å². The average Bonchev–Trinajstić information content (AvgIpc) is 2.18. The van der Waals surface area contributed by atoms with Crippen LogP contribution >= 0.6 is 0 Å². The molecule has 0 aromatic rings. The number of hydrogen-bond acceptors (Lipinski definition) is 2. The molecule has 0 spiro atoms. The largest absolute Gasteiger partial charge is 0.455 e. The summed E-state index contributed by atoms with van der Waals surface area (Å²) < 4.78 is 5.08. The summed E-state index contributed by atoms with van der Waals surface area (Å²) in [5, 5.41) is 0. The number of carbonyl (C=O) groups excluding carboxylic acids is 1. The molecule has 0 bridgehead atoms. The molecule has 1 aliphatic heterocycles. The van der Waals surface area contributed by atoms with E-state index < -0.39 is 0 Å². The Kier molecular flexibility index (Phi) is 5.05. The van der Waals surface area contributed by atoms with Crippen LogP contribution in [0.2, 0.25) is 0 Å². The molecule has 0 radical (unpaired) electrons. The molecule has 1 rings (SSSR count). The number of carbonyl (C=O) groups is 1. The average molecular weight is 194 g/mol. The lowest BCUT2D eigenvalue weighted by Gasteiger charge is -2.14. The topological polar surface area (TPSA) is 26.3 Å². The van der Waals surface area contributed by atoms with Gasteiger partial charge in [0.25, 0.3) is 0 Å². The van der Waals surface area contributed by atoms with Crippen LogP contribution in [0.25, 0.3) is 0 Å². The fourth-order valence-electron chi connectivity index (χ4n) is 1.41. The van der Waals surface area contributed by atoms with Crippen molar-refractivity contribution in [1.82, 2.24) is 0 Å². The van der Waals surface area contributed by atoms with Crippen LogP contribution in [0.5, 0.6) is 0 Å². The van der Waals surface area contributed by atoms with Gasteiger partial charge in [-0.1, -0.05) is 31.9 Å². The number of ether oxygens (including phenoxy) is 1. The van der Waals surface area contributed by atoms with Gasteiger partial charge in [-0.25, -0.2) is 4.79 Å². The van der Waals surface area contributed by atoms with E-state index in [0.717, 1.165) is 12.8 Å². The van der Waals surface area contributed by atoms with Gasteiger partial charge in [0.15, 0.2) is 0 Å². The molecule has 0 N–H and O–H groups in total. The molecule has 0 aliphatic carbocycles. The van der Waals surface area contributed by atoms with E-state index in [1.54, 1.807) is 0 Å². The fourth-order valence-corrected chi connectivity index (χ4v) is 1.41. The molecule has 2 heteroatoms. The van der Waals surface area contributed by atoms with Gasteiger partial charge in [0.2, 0.25) is 0 Å². The summed E-state index contributed by atoms with van der Waals surface area (Å²) in [5.74, 6) is -0.223. The summed E-state index contributed by atoms with van der Waals surface area (Å²) in [6.07, 6.45) is 13.1. The molecule has 0 saturated heterocycles. The summed E-state index contributed by atoms with van der Waals surface area (Å²) in [6, 6.07) is 0. The zero-order valence-corrected chi connectivity index (χ0v) is 8.74. The highest BCUT2D eigenvalue weighted by Crippen LogP contribution is 2.09. The van der Waals surface area contributed by atoms with Gasteiger partial charge in [0.05, 0.1) is 0 Å². The van der Waals surface area contributed by atoms with E-state index in [1.165, 1.54) is 25.3 Å². The molecule has 0 aromatic heterocycles. The van der Waals surface area contributed by atoms with E-state index in [1.807, 2.05) is 12.2 Å². The summed E-state index contributed by atoms with van der Waals surface area (Å²) in [7, 11) is 0. The molecule has 78 valence electrons. The molecule has 1 atom stereocenters. The van der Waals surface area contributed by atoms with E-state index >= 15 is 0 Å². The Bertz CT molecular complexity index is 228. The SMILES string of the molecule is CCCCC/C=C/C1CC=CC(=O)O1. The van der Waals surface area contributed by atoms with Crippen molar-refractivity contribution in [2.24, 2.45) is 0 Å². The van der Waals surface area contributed by atoms with Gasteiger partial charge < -0.3 is 4.74 Å². The lowest BCUT2D eigenvalue weighted by atomic mass is 10.1. The van der Waals surface area contributed by atoms with Crippen LogP contribution in [0, 0.1) is 0 Å². The lowest BCUT2D eigenvalue weighted by molar-refractivity contribution is -0.141. The Balaban J connectivity index is 2.17.